The molecule has 0 amide bonds. The van der Waals surface area contributed by atoms with Crippen LogP contribution in [0.2, 0.25) is 0 Å². The predicted octanol–water partition coefficient (Wildman–Crippen LogP) is 0.966. The van der Waals surface area contributed by atoms with Gasteiger partial charge in [0.1, 0.15) is 6.10 Å². The summed E-state index contributed by atoms with van der Waals surface area (Å²) in [7, 11) is 1.65. The number of methoxy groups -OCH3 is 1. The molecule has 1 aliphatic carbocycles. The minimum absolute atomic E-state index is 0.0247. The predicted molar refractivity (Wildman–Crippen MR) is 56.9 cm³/mol. The Bertz CT molecular complexity index is 174. The van der Waals surface area contributed by atoms with Crippen LogP contribution in [-0.4, -0.2) is 49.8 Å². The Morgan fingerprint density at radius 3 is 2.73 bits per heavy atom. The molecule has 0 saturated heterocycles. The molecule has 1 rings (SSSR count). The summed E-state index contributed by atoms with van der Waals surface area (Å²) in [6.07, 6.45) is 1.20. The average Bonchev–Trinajstić information content (AvgIpc) is 2.18. The van der Waals surface area contributed by atoms with E-state index in [0.29, 0.717) is 19.6 Å². The van der Waals surface area contributed by atoms with E-state index < -0.39 is 0 Å². The van der Waals surface area contributed by atoms with E-state index >= 15 is 0 Å². The van der Waals surface area contributed by atoms with Crippen LogP contribution in [0.3, 0.4) is 0 Å². The van der Waals surface area contributed by atoms with Gasteiger partial charge in [-0.05, 0) is 13.3 Å². The summed E-state index contributed by atoms with van der Waals surface area (Å²) in [5, 5.41) is 9.51. The SMILES string of the molecule is CCCOC1C(O)CC1OC(C)COC. The van der Waals surface area contributed by atoms with E-state index in [2.05, 4.69) is 6.92 Å². The summed E-state index contributed by atoms with van der Waals surface area (Å²) in [6.45, 7) is 5.27. The maximum absolute atomic E-state index is 9.51. The van der Waals surface area contributed by atoms with E-state index in [9.17, 15) is 5.11 Å². The van der Waals surface area contributed by atoms with Crippen molar-refractivity contribution in [2.75, 3.05) is 20.3 Å². The van der Waals surface area contributed by atoms with Crippen LogP contribution in [0.15, 0.2) is 0 Å². The molecule has 0 aromatic carbocycles. The quantitative estimate of drug-likeness (QED) is 0.691. The van der Waals surface area contributed by atoms with Crippen LogP contribution in [0.4, 0.5) is 0 Å². The number of rotatable bonds is 7. The van der Waals surface area contributed by atoms with Crippen LogP contribution in [0.25, 0.3) is 0 Å². The number of hydrogen-bond acceptors (Lipinski definition) is 4. The van der Waals surface area contributed by atoms with Crippen LogP contribution in [0.1, 0.15) is 26.7 Å². The highest BCUT2D eigenvalue weighted by atomic mass is 16.6. The molecule has 4 unspecified atom stereocenters. The Labute approximate surface area is 91.5 Å². The molecule has 15 heavy (non-hydrogen) atoms. The molecule has 0 aromatic rings. The third-order valence-corrected chi connectivity index (χ3v) is 2.54. The van der Waals surface area contributed by atoms with Crippen LogP contribution >= 0.6 is 0 Å². The van der Waals surface area contributed by atoms with Gasteiger partial charge in [-0.15, -0.1) is 0 Å². The van der Waals surface area contributed by atoms with Gasteiger partial charge >= 0.3 is 0 Å². The molecule has 1 fully saturated rings. The summed E-state index contributed by atoms with van der Waals surface area (Å²) < 4.78 is 16.2. The van der Waals surface area contributed by atoms with Gasteiger partial charge in [0, 0.05) is 20.1 Å². The van der Waals surface area contributed by atoms with Crippen molar-refractivity contribution in [2.24, 2.45) is 0 Å². The van der Waals surface area contributed by atoms with E-state index in [-0.39, 0.29) is 24.4 Å². The van der Waals surface area contributed by atoms with Crippen molar-refractivity contribution in [3.8, 4) is 0 Å². The molecule has 1 aliphatic rings. The van der Waals surface area contributed by atoms with Gasteiger partial charge in [-0.3, -0.25) is 0 Å². The first-order chi connectivity index (χ1) is 7.19. The Morgan fingerprint density at radius 2 is 2.20 bits per heavy atom. The Balaban J connectivity index is 2.23. The molecule has 1 N–H and O–H groups in total. The summed E-state index contributed by atoms with van der Waals surface area (Å²) in [5.74, 6) is 0. The first-order valence-corrected chi connectivity index (χ1v) is 5.63. The van der Waals surface area contributed by atoms with Crippen LogP contribution in [0.5, 0.6) is 0 Å². The lowest BCUT2D eigenvalue weighted by atomic mass is 9.88. The Kier molecular flexibility index (Phi) is 5.53. The summed E-state index contributed by atoms with van der Waals surface area (Å²) >= 11 is 0. The first kappa shape index (κ1) is 12.9. The van der Waals surface area contributed by atoms with Gasteiger partial charge in [0.15, 0.2) is 0 Å². The van der Waals surface area contributed by atoms with Crippen molar-refractivity contribution in [3.05, 3.63) is 0 Å². The van der Waals surface area contributed by atoms with Gasteiger partial charge in [0.2, 0.25) is 0 Å². The Morgan fingerprint density at radius 1 is 1.47 bits per heavy atom. The zero-order chi connectivity index (χ0) is 11.3. The second-order valence-electron chi connectivity index (χ2n) is 4.08. The number of aliphatic hydroxyl groups is 1. The molecule has 0 bridgehead atoms. The van der Waals surface area contributed by atoms with Crippen molar-refractivity contribution >= 4 is 0 Å². The highest BCUT2D eigenvalue weighted by molar-refractivity contribution is 4.92. The van der Waals surface area contributed by atoms with Gasteiger partial charge in [-0.25, -0.2) is 0 Å². The summed E-state index contributed by atoms with van der Waals surface area (Å²) in [6, 6.07) is 0. The topological polar surface area (TPSA) is 47.9 Å². The smallest absolute Gasteiger partial charge is 0.110 e. The fourth-order valence-electron chi connectivity index (χ4n) is 1.74. The maximum atomic E-state index is 9.51. The van der Waals surface area contributed by atoms with Crippen molar-refractivity contribution in [2.45, 2.75) is 51.1 Å². The molecule has 1 saturated carbocycles. The van der Waals surface area contributed by atoms with Crippen molar-refractivity contribution in [1.82, 2.24) is 0 Å². The largest absolute Gasteiger partial charge is 0.390 e. The molecule has 0 spiro atoms. The summed E-state index contributed by atoms with van der Waals surface area (Å²) in [5.41, 5.74) is 0. The van der Waals surface area contributed by atoms with Crippen molar-refractivity contribution in [1.29, 1.82) is 0 Å². The highest BCUT2D eigenvalue weighted by Crippen LogP contribution is 2.28. The third kappa shape index (κ3) is 3.72. The fraction of sp³-hybridized carbons (Fsp3) is 1.00. The molecule has 4 nitrogen and oxygen atoms in total. The zero-order valence-electron chi connectivity index (χ0n) is 9.81. The second-order valence-corrected chi connectivity index (χ2v) is 4.08. The van der Waals surface area contributed by atoms with E-state index in [0.717, 1.165) is 6.42 Å². The van der Waals surface area contributed by atoms with E-state index in [1.165, 1.54) is 0 Å². The number of hydrogen-bond donors (Lipinski definition) is 1. The minimum atomic E-state index is -0.365. The van der Waals surface area contributed by atoms with Crippen LogP contribution in [0, 0.1) is 0 Å². The lowest BCUT2D eigenvalue weighted by Crippen LogP contribution is -2.54. The summed E-state index contributed by atoms with van der Waals surface area (Å²) in [4.78, 5) is 0. The standard InChI is InChI=1S/C11H22O4/c1-4-5-14-11-9(12)6-10(11)15-8(2)7-13-3/h8-12H,4-7H2,1-3H3. The molecular formula is C11H22O4. The van der Waals surface area contributed by atoms with Crippen molar-refractivity contribution in [3.63, 3.8) is 0 Å². The van der Waals surface area contributed by atoms with Crippen LogP contribution in [-0.2, 0) is 14.2 Å². The fourth-order valence-corrected chi connectivity index (χ4v) is 1.74. The molecule has 0 heterocycles. The highest BCUT2D eigenvalue weighted by Gasteiger charge is 2.42. The van der Waals surface area contributed by atoms with Gasteiger partial charge in [-0.1, -0.05) is 6.92 Å². The monoisotopic (exact) mass is 218 g/mol. The lowest BCUT2D eigenvalue weighted by molar-refractivity contribution is -0.209. The van der Waals surface area contributed by atoms with Gasteiger partial charge in [-0.2, -0.15) is 0 Å². The van der Waals surface area contributed by atoms with E-state index in [1.807, 2.05) is 6.92 Å². The molecule has 0 radical (unpaired) electrons. The number of ether oxygens (including phenoxy) is 3. The molecule has 0 aliphatic heterocycles. The van der Waals surface area contributed by atoms with Gasteiger partial charge in [0.05, 0.1) is 24.9 Å². The molecule has 4 atom stereocenters. The minimum Gasteiger partial charge on any atom is -0.390 e. The second kappa shape index (κ2) is 6.43. The lowest BCUT2D eigenvalue weighted by Gasteiger charge is -2.42. The number of aliphatic hydroxyl groups excluding tert-OH is 1. The Hall–Kier alpha value is -0.160. The molecule has 90 valence electrons. The zero-order valence-corrected chi connectivity index (χ0v) is 9.81. The normalized spacial score (nSPS) is 32.4. The molecular weight excluding hydrogens is 196 g/mol. The van der Waals surface area contributed by atoms with Gasteiger partial charge < -0.3 is 19.3 Å². The van der Waals surface area contributed by atoms with E-state index in [1.54, 1.807) is 7.11 Å². The average molecular weight is 218 g/mol. The van der Waals surface area contributed by atoms with Gasteiger partial charge in [0.25, 0.3) is 0 Å². The van der Waals surface area contributed by atoms with Crippen LogP contribution < -0.4 is 0 Å². The molecule has 0 aromatic heterocycles. The van der Waals surface area contributed by atoms with E-state index in [4.69, 9.17) is 14.2 Å². The first-order valence-electron chi connectivity index (χ1n) is 5.63. The maximum Gasteiger partial charge on any atom is 0.110 e. The van der Waals surface area contributed by atoms with Crippen molar-refractivity contribution < 1.29 is 19.3 Å². The molecule has 4 heteroatoms. The third-order valence-electron chi connectivity index (χ3n) is 2.54.